The third-order valence-corrected chi connectivity index (χ3v) is 5.66. The molecule has 0 aromatic heterocycles. The van der Waals surface area contributed by atoms with Gasteiger partial charge in [-0.1, -0.05) is 13.5 Å². The molecule has 0 aromatic carbocycles. The van der Waals surface area contributed by atoms with Crippen molar-refractivity contribution in [2.75, 3.05) is 0 Å². The van der Waals surface area contributed by atoms with Gasteiger partial charge in [0.15, 0.2) is 6.29 Å². The lowest BCUT2D eigenvalue weighted by Gasteiger charge is -2.56. The van der Waals surface area contributed by atoms with Crippen LogP contribution in [0.15, 0.2) is 12.2 Å². The number of hydrogen-bond acceptors (Lipinski definition) is 4. The van der Waals surface area contributed by atoms with Gasteiger partial charge in [0.25, 0.3) is 0 Å². The van der Waals surface area contributed by atoms with Gasteiger partial charge in [-0.05, 0) is 76.5 Å². The SMILES string of the molecule is C=C(C)C(=O)OC(C)OC(CC)OC12CC3CC(CC(C3)C1)C2. The normalized spacial score (nSPS) is 37.4. The van der Waals surface area contributed by atoms with Crippen LogP contribution in [0, 0.1) is 17.8 Å². The largest absolute Gasteiger partial charge is 0.433 e. The number of carbonyl (C=O) groups is 1. The molecule has 0 aliphatic heterocycles. The monoisotopic (exact) mass is 322 g/mol. The van der Waals surface area contributed by atoms with Gasteiger partial charge in [0, 0.05) is 5.57 Å². The van der Waals surface area contributed by atoms with E-state index in [1.807, 2.05) is 0 Å². The van der Waals surface area contributed by atoms with Crippen LogP contribution < -0.4 is 0 Å². The predicted octanol–water partition coefficient (Wildman–Crippen LogP) is 4.19. The molecule has 0 N–H and O–H groups in total. The Labute approximate surface area is 139 Å². The van der Waals surface area contributed by atoms with E-state index in [0.717, 1.165) is 24.2 Å². The molecule has 130 valence electrons. The smallest absolute Gasteiger partial charge is 0.335 e. The molecule has 4 aliphatic rings. The van der Waals surface area contributed by atoms with Crippen LogP contribution in [-0.2, 0) is 19.0 Å². The molecule has 2 atom stereocenters. The minimum absolute atomic E-state index is 0.00745. The van der Waals surface area contributed by atoms with Gasteiger partial charge in [-0.15, -0.1) is 0 Å². The maximum absolute atomic E-state index is 11.6. The first kappa shape index (κ1) is 17.0. The van der Waals surface area contributed by atoms with E-state index in [-0.39, 0.29) is 11.9 Å². The van der Waals surface area contributed by atoms with E-state index in [9.17, 15) is 4.79 Å². The van der Waals surface area contributed by atoms with Crippen LogP contribution in [0.3, 0.4) is 0 Å². The van der Waals surface area contributed by atoms with Gasteiger partial charge in [-0.25, -0.2) is 4.79 Å². The van der Waals surface area contributed by atoms with Gasteiger partial charge in [0.1, 0.15) is 0 Å². The molecule has 23 heavy (non-hydrogen) atoms. The molecule has 4 rings (SSSR count). The summed E-state index contributed by atoms with van der Waals surface area (Å²) in [5.74, 6) is 2.12. The average molecular weight is 322 g/mol. The Morgan fingerprint density at radius 1 is 1.17 bits per heavy atom. The summed E-state index contributed by atoms with van der Waals surface area (Å²) < 4.78 is 17.6. The van der Waals surface area contributed by atoms with Crippen molar-refractivity contribution in [3.8, 4) is 0 Å². The van der Waals surface area contributed by atoms with Gasteiger partial charge in [-0.2, -0.15) is 0 Å². The van der Waals surface area contributed by atoms with Crippen LogP contribution in [0.25, 0.3) is 0 Å². The molecule has 4 nitrogen and oxygen atoms in total. The average Bonchev–Trinajstić information content (AvgIpc) is 2.44. The van der Waals surface area contributed by atoms with Crippen LogP contribution >= 0.6 is 0 Å². The van der Waals surface area contributed by atoms with Crippen molar-refractivity contribution in [1.82, 2.24) is 0 Å². The molecule has 0 amide bonds. The number of hydrogen-bond donors (Lipinski definition) is 0. The van der Waals surface area contributed by atoms with Crippen molar-refractivity contribution in [3.05, 3.63) is 12.2 Å². The quantitative estimate of drug-likeness (QED) is 0.400. The second-order valence-corrected chi connectivity index (χ2v) is 7.95. The maximum Gasteiger partial charge on any atom is 0.335 e. The standard InChI is InChI=1S/C19H30O4/c1-5-17(21-13(4)22-18(20)12(2)3)23-19-9-14-6-15(10-19)8-16(7-14)11-19/h13-17H,2,5-11H2,1,3-4H3. The van der Waals surface area contributed by atoms with Crippen LogP contribution in [0.5, 0.6) is 0 Å². The number of rotatable bonds is 7. The summed E-state index contributed by atoms with van der Waals surface area (Å²) in [4.78, 5) is 11.6. The fraction of sp³-hybridized carbons (Fsp3) is 0.842. The molecule has 0 saturated heterocycles. The van der Waals surface area contributed by atoms with Crippen molar-refractivity contribution in [3.63, 3.8) is 0 Å². The van der Waals surface area contributed by atoms with Crippen molar-refractivity contribution in [1.29, 1.82) is 0 Å². The van der Waals surface area contributed by atoms with Crippen LogP contribution in [0.1, 0.15) is 65.7 Å². The summed E-state index contributed by atoms with van der Waals surface area (Å²) in [5.41, 5.74) is 0.392. The topological polar surface area (TPSA) is 44.8 Å². The fourth-order valence-corrected chi connectivity index (χ4v) is 5.15. The second kappa shape index (κ2) is 6.56. The van der Waals surface area contributed by atoms with Crippen LogP contribution in [-0.4, -0.2) is 24.2 Å². The van der Waals surface area contributed by atoms with E-state index < -0.39 is 12.3 Å². The summed E-state index contributed by atoms with van der Waals surface area (Å²) in [6.45, 7) is 9.03. The van der Waals surface area contributed by atoms with Crippen molar-refractivity contribution in [2.45, 2.75) is 83.9 Å². The van der Waals surface area contributed by atoms with Crippen LogP contribution in [0.4, 0.5) is 0 Å². The zero-order chi connectivity index (χ0) is 16.6. The third kappa shape index (κ3) is 3.80. The Kier molecular flexibility index (Phi) is 4.84. The molecule has 0 radical (unpaired) electrons. The first-order valence-electron chi connectivity index (χ1n) is 9.09. The molecule has 4 saturated carbocycles. The predicted molar refractivity (Wildman–Crippen MR) is 87.5 cm³/mol. The summed E-state index contributed by atoms with van der Waals surface area (Å²) in [6.07, 6.45) is 7.57. The summed E-state index contributed by atoms with van der Waals surface area (Å²) >= 11 is 0. The highest BCUT2D eigenvalue weighted by Crippen LogP contribution is 2.57. The number of ether oxygens (including phenoxy) is 3. The van der Waals surface area contributed by atoms with Gasteiger partial charge in [0.2, 0.25) is 6.29 Å². The Balaban J connectivity index is 1.57. The minimum atomic E-state index is -0.613. The molecule has 0 aromatic rings. The Bertz CT molecular complexity index is 435. The Morgan fingerprint density at radius 2 is 1.70 bits per heavy atom. The highest BCUT2D eigenvalue weighted by atomic mass is 16.8. The molecule has 4 heteroatoms. The lowest BCUT2D eigenvalue weighted by atomic mass is 9.54. The second-order valence-electron chi connectivity index (χ2n) is 7.95. The van der Waals surface area contributed by atoms with E-state index in [4.69, 9.17) is 14.2 Å². The summed E-state index contributed by atoms with van der Waals surface area (Å²) in [7, 11) is 0. The molecule has 4 fully saturated rings. The Hall–Kier alpha value is -0.870. The summed E-state index contributed by atoms with van der Waals surface area (Å²) in [6, 6.07) is 0. The van der Waals surface area contributed by atoms with E-state index in [1.54, 1.807) is 13.8 Å². The van der Waals surface area contributed by atoms with Gasteiger partial charge in [0.05, 0.1) is 5.60 Å². The van der Waals surface area contributed by atoms with Gasteiger partial charge < -0.3 is 14.2 Å². The van der Waals surface area contributed by atoms with Gasteiger partial charge >= 0.3 is 5.97 Å². The highest BCUT2D eigenvalue weighted by molar-refractivity contribution is 5.86. The minimum Gasteiger partial charge on any atom is -0.433 e. The zero-order valence-electron chi connectivity index (χ0n) is 14.7. The first-order valence-corrected chi connectivity index (χ1v) is 9.09. The maximum atomic E-state index is 11.6. The van der Waals surface area contributed by atoms with E-state index >= 15 is 0 Å². The lowest BCUT2D eigenvalue weighted by molar-refractivity contribution is -0.292. The Morgan fingerprint density at radius 3 is 2.13 bits per heavy atom. The van der Waals surface area contributed by atoms with Crippen molar-refractivity contribution >= 4 is 5.97 Å². The van der Waals surface area contributed by atoms with Crippen molar-refractivity contribution in [2.24, 2.45) is 17.8 Å². The summed E-state index contributed by atoms with van der Waals surface area (Å²) in [5, 5.41) is 0. The molecule has 4 bridgehead atoms. The zero-order valence-corrected chi connectivity index (χ0v) is 14.7. The van der Waals surface area contributed by atoms with Crippen molar-refractivity contribution < 1.29 is 19.0 Å². The lowest BCUT2D eigenvalue weighted by Crippen LogP contribution is -2.53. The third-order valence-electron chi connectivity index (χ3n) is 5.66. The molecule has 2 unspecified atom stereocenters. The van der Waals surface area contributed by atoms with E-state index in [2.05, 4.69) is 13.5 Å². The molecule has 0 spiro atoms. The molecular formula is C19H30O4. The van der Waals surface area contributed by atoms with E-state index in [0.29, 0.717) is 5.57 Å². The highest BCUT2D eigenvalue weighted by Gasteiger charge is 2.52. The number of esters is 1. The van der Waals surface area contributed by atoms with E-state index in [1.165, 1.54) is 38.5 Å². The first-order chi connectivity index (χ1) is 10.9. The molecule has 4 aliphatic carbocycles. The van der Waals surface area contributed by atoms with Gasteiger partial charge in [-0.3, -0.25) is 0 Å². The molecular weight excluding hydrogens is 292 g/mol. The number of carbonyl (C=O) groups excluding carboxylic acids is 1. The molecule has 0 heterocycles. The van der Waals surface area contributed by atoms with Crippen LogP contribution in [0.2, 0.25) is 0 Å². The fourth-order valence-electron chi connectivity index (χ4n) is 5.15.